The van der Waals surface area contributed by atoms with Crippen molar-refractivity contribution in [2.75, 3.05) is 13.2 Å². The predicted molar refractivity (Wildman–Crippen MR) is 102 cm³/mol. The zero-order valence-corrected chi connectivity index (χ0v) is 15.7. The number of hydrogen-bond donors (Lipinski definition) is 2. The van der Waals surface area contributed by atoms with Crippen LogP contribution in [0.1, 0.15) is 22.6 Å². The number of aromatic amines is 1. The Balaban J connectivity index is 1.39. The van der Waals surface area contributed by atoms with E-state index >= 15 is 0 Å². The van der Waals surface area contributed by atoms with Crippen molar-refractivity contribution in [3.05, 3.63) is 60.2 Å². The molecule has 4 rings (SSSR count). The van der Waals surface area contributed by atoms with E-state index in [4.69, 9.17) is 9.47 Å². The number of rotatable bonds is 6. The monoisotopic (exact) mass is 381 g/mol. The predicted octanol–water partition coefficient (Wildman–Crippen LogP) is 1.91. The molecule has 0 aromatic carbocycles. The summed E-state index contributed by atoms with van der Waals surface area (Å²) in [6, 6.07) is 11.2. The van der Waals surface area contributed by atoms with Crippen LogP contribution in [0.15, 0.2) is 48.8 Å². The van der Waals surface area contributed by atoms with E-state index in [1.54, 1.807) is 12.3 Å². The Morgan fingerprint density at radius 1 is 1.39 bits per heavy atom. The van der Waals surface area contributed by atoms with E-state index in [-0.39, 0.29) is 18.1 Å². The van der Waals surface area contributed by atoms with E-state index in [1.807, 2.05) is 48.1 Å². The molecule has 146 valence electrons. The number of ether oxygens (including phenoxy) is 2. The second-order valence-corrected chi connectivity index (χ2v) is 6.79. The number of aromatic nitrogens is 4. The van der Waals surface area contributed by atoms with Gasteiger partial charge in [0.25, 0.3) is 5.91 Å². The van der Waals surface area contributed by atoms with Crippen molar-refractivity contribution in [1.82, 2.24) is 25.1 Å². The average Bonchev–Trinajstić information content (AvgIpc) is 3.37. The van der Waals surface area contributed by atoms with Gasteiger partial charge in [-0.25, -0.2) is 0 Å². The summed E-state index contributed by atoms with van der Waals surface area (Å²) in [5.74, 6) is -0.203. The largest absolute Gasteiger partial charge is 0.379 e. The highest BCUT2D eigenvalue weighted by molar-refractivity contribution is 5.93. The maximum absolute atomic E-state index is 12.7. The van der Waals surface area contributed by atoms with E-state index in [0.717, 1.165) is 17.1 Å². The summed E-state index contributed by atoms with van der Waals surface area (Å²) in [5.41, 5.74) is 2.94. The van der Waals surface area contributed by atoms with Crippen molar-refractivity contribution in [3.63, 3.8) is 0 Å². The van der Waals surface area contributed by atoms with Crippen LogP contribution in [0.4, 0.5) is 0 Å². The molecule has 1 aliphatic heterocycles. The van der Waals surface area contributed by atoms with Crippen LogP contribution in [0.5, 0.6) is 0 Å². The highest BCUT2D eigenvalue weighted by Crippen LogP contribution is 2.18. The Morgan fingerprint density at radius 2 is 2.32 bits per heavy atom. The van der Waals surface area contributed by atoms with Crippen molar-refractivity contribution in [1.29, 1.82) is 0 Å². The maximum Gasteiger partial charge on any atom is 0.269 e. The second-order valence-electron chi connectivity index (χ2n) is 6.79. The first-order chi connectivity index (χ1) is 13.7. The molecule has 3 aromatic rings. The fourth-order valence-corrected chi connectivity index (χ4v) is 3.26. The van der Waals surface area contributed by atoms with E-state index in [9.17, 15) is 4.79 Å². The molecule has 1 saturated heterocycles. The molecular formula is C20H23N5O3. The molecule has 3 aromatic heterocycles. The van der Waals surface area contributed by atoms with Gasteiger partial charge in [-0.2, -0.15) is 5.10 Å². The smallest absolute Gasteiger partial charge is 0.269 e. The van der Waals surface area contributed by atoms with Crippen LogP contribution in [0.25, 0.3) is 11.4 Å². The number of aryl methyl sites for hydroxylation is 1. The zero-order valence-electron chi connectivity index (χ0n) is 15.7. The summed E-state index contributed by atoms with van der Waals surface area (Å²) in [4.78, 5) is 17.0. The van der Waals surface area contributed by atoms with Crippen LogP contribution in [0.2, 0.25) is 0 Å². The first-order valence-electron chi connectivity index (χ1n) is 9.28. The molecule has 0 spiro atoms. The first-order valence-corrected chi connectivity index (χ1v) is 9.28. The second kappa shape index (κ2) is 8.37. The first kappa shape index (κ1) is 18.4. The third kappa shape index (κ3) is 4.13. The van der Waals surface area contributed by atoms with Crippen LogP contribution in [-0.2, 0) is 23.1 Å². The number of carbonyl (C=O) groups excluding carboxylic acids is 1. The van der Waals surface area contributed by atoms with E-state index < -0.39 is 0 Å². The Labute approximate surface area is 162 Å². The van der Waals surface area contributed by atoms with Crippen LogP contribution in [0.3, 0.4) is 0 Å². The lowest BCUT2D eigenvalue weighted by Crippen LogP contribution is -2.50. The Kier molecular flexibility index (Phi) is 5.50. The summed E-state index contributed by atoms with van der Waals surface area (Å²) in [5, 5.41) is 10.1. The average molecular weight is 381 g/mol. The van der Waals surface area contributed by atoms with Gasteiger partial charge in [-0.1, -0.05) is 6.07 Å². The number of H-pyrrole nitrogens is 1. The minimum absolute atomic E-state index is 0.133. The van der Waals surface area contributed by atoms with Gasteiger partial charge in [-0.3, -0.25) is 14.9 Å². The number of carbonyl (C=O) groups is 1. The third-order valence-electron chi connectivity index (χ3n) is 4.82. The number of amides is 1. The van der Waals surface area contributed by atoms with Gasteiger partial charge < -0.3 is 19.4 Å². The quantitative estimate of drug-likeness (QED) is 0.680. The molecule has 0 aliphatic carbocycles. The number of nitrogens with one attached hydrogen (secondary N) is 2. The van der Waals surface area contributed by atoms with Gasteiger partial charge in [0, 0.05) is 26.0 Å². The van der Waals surface area contributed by atoms with Crippen LogP contribution >= 0.6 is 0 Å². The number of hydrogen-bond acceptors (Lipinski definition) is 5. The molecule has 1 fully saturated rings. The minimum atomic E-state index is -0.227. The molecule has 8 heteroatoms. The minimum Gasteiger partial charge on any atom is -0.379 e. The fourth-order valence-electron chi connectivity index (χ4n) is 3.26. The van der Waals surface area contributed by atoms with Crippen molar-refractivity contribution in [2.45, 2.75) is 25.2 Å². The molecule has 2 atom stereocenters. The Bertz CT molecular complexity index is 921. The molecule has 28 heavy (non-hydrogen) atoms. The number of pyridine rings is 1. The van der Waals surface area contributed by atoms with Crippen LogP contribution in [-0.4, -0.2) is 51.0 Å². The van der Waals surface area contributed by atoms with Crippen molar-refractivity contribution >= 4 is 5.91 Å². The number of nitrogens with zero attached hydrogens (tertiary/aromatic N) is 3. The van der Waals surface area contributed by atoms with Crippen molar-refractivity contribution < 1.29 is 14.3 Å². The topological polar surface area (TPSA) is 94.1 Å². The summed E-state index contributed by atoms with van der Waals surface area (Å²) in [6.45, 7) is 1.41. The Morgan fingerprint density at radius 3 is 3.11 bits per heavy atom. The van der Waals surface area contributed by atoms with Gasteiger partial charge in [-0.15, -0.1) is 0 Å². The molecule has 2 N–H and O–H groups in total. The molecule has 0 bridgehead atoms. The van der Waals surface area contributed by atoms with E-state index in [0.29, 0.717) is 31.9 Å². The molecule has 2 unspecified atom stereocenters. The van der Waals surface area contributed by atoms with Gasteiger partial charge in [0.15, 0.2) is 0 Å². The molecule has 4 heterocycles. The SMILES string of the molecule is Cn1cccc1-c1cc(C(=O)NC2CCOCC2OCc2ccccn2)[nH]n1. The van der Waals surface area contributed by atoms with Crippen molar-refractivity contribution in [2.24, 2.45) is 7.05 Å². The van der Waals surface area contributed by atoms with E-state index in [1.165, 1.54) is 0 Å². The lowest BCUT2D eigenvalue weighted by atomic mass is 10.1. The third-order valence-corrected chi connectivity index (χ3v) is 4.82. The normalized spacial score (nSPS) is 19.5. The van der Waals surface area contributed by atoms with Crippen molar-refractivity contribution in [3.8, 4) is 11.4 Å². The van der Waals surface area contributed by atoms with Crippen LogP contribution < -0.4 is 5.32 Å². The van der Waals surface area contributed by atoms with Gasteiger partial charge >= 0.3 is 0 Å². The summed E-state index contributed by atoms with van der Waals surface area (Å²) in [6.07, 6.45) is 4.14. The summed E-state index contributed by atoms with van der Waals surface area (Å²) in [7, 11) is 1.94. The standard InChI is InChI=1S/C20H23N5O3/c1-25-9-4-6-18(25)16-11-17(24-23-16)20(26)22-15-7-10-27-13-19(15)28-12-14-5-2-3-8-21-14/h2-6,8-9,11,15,19H,7,10,12-13H2,1H3,(H,22,26)(H,23,24). The van der Waals surface area contributed by atoms with Gasteiger partial charge in [0.1, 0.15) is 17.5 Å². The summed E-state index contributed by atoms with van der Waals surface area (Å²) < 4.78 is 13.5. The molecule has 8 nitrogen and oxygen atoms in total. The maximum atomic E-state index is 12.7. The highest BCUT2D eigenvalue weighted by atomic mass is 16.5. The molecule has 1 aliphatic rings. The lowest BCUT2D eigenvalue weighted by molar-refractivity contribution is -0.0743. The van der Waals surface area contributed by atoms with Gasteiger partial charge in [0.2, 0.25) is 0 Å². The Hall–Kier alpha value is -2.97. The zero-order chi connectivity index (χ0) is 19.3. The van der Waals surface area contributed by atoms with Crippen LogP contribution in [0, 0.1) is 0 Å². The molecular weight excluding hydrogens is 358 g/mol. The molecule has 0 radical (unpaired) electrons. The molecule has 0 saturated carbocycles. The summed E-state index contributed by atoms with van der Waals surface area (Å²) >= 11 is 0. The fraction of sp³-hybridized carbons (Fsp3) is 0.350. The highest BCUT2D eigenvalue weighted by Gasteiger charge is 2.29. The molecule has 1 amide bonds. The van der Waals surface area contributed by atoms with E-state index in [2.05, 4.69) is 20.5 Å². The van der Waals surface area contributed by atoms with Gasteiger partial charge in [-0.05, 0) is 36.8 Å². The lowest BCUT2D eigenvalue weighted by Gasteiger charge is -2.31. The van der Waals surface area contributed by atoms with Gasteiger partial charge in [0.05, 0.1) is 30.6 Å².